The fraction of sp³-hybridized carbons (Fsp3) is 0.625. The molecule has 0 aromatic heterocycles. The predicted molar refractivity (Wildman–Crippen MR) is 85.9 cm³/mol. The maximum Gasteiger partial charge on any atom is 0.122 e. The highest BCUT2D eigenvalue weighted by Crippen LogP contribution is 2.25. The molecule has 0 aliphatic rings. The van der Waals surface area contributed by atoms with Crippen LogP contribution in [0.15, 0.2) is 22.7 Å². The molecule has 3 heteroatoms. The van der Waals surface area contributed by atoms with E-state index in [9.17, 15) is 0 Å². The Bertz CT molecular complexity index is 379. The standard InChI is InChI=1S/C16H26BrNO/c1-12(2)18-10-9-13(3)5-6-14-11-15(17)7-8-16(14)19-4/h7-8,11-13,18H,5-6,9-10H2,1-4H3. The van der Waals surface area contributed by atoms with Crippen LogP contribution in [0.2, 0.25) is 0 Å². The molecule has 19 heavy (non-hydrogen) atoms. The number of ether oxygens (including phenoxy) is 1. The Morgan fingerprint density at radius 2 is 1.95 bits per heavy atom. The molecule has 0 spiro atoms. The average Bonchev–Trinajstić information content (AvgIpc) is 2.36. The number of methoxy groups -OCH3 is 1. The summed E-state index contributed by atoms with van der Waals surface area (Å²) in [5, 5.41) is 3.47. The molecular weight excluding hydrogens is 302 g/mol. The van der Waals surface area contributed by atoms with Crippen molar-refractivity contribution in [3.8, 4) is 5.75 Å². The first-order valence-corrected chi connectivity index (χ1v) is 7.88. The summed E-state index contributed by atoms with van der Waals surface area (Å²) in [6.07, 6.45) is 3.51. The van der Waals surface area contributed by atoms with Gasteiger partial charge in [0.15, 0.2) is 0 Å². The molecule has 1 aromatic carbocycles. The molecule has 0 fully saturated rings. The van der Waals surface area contributed by atoms with E-state index in [1.54, 1.807) is 7.11 Å². The highest BCUT2D eigenvalue weighted by molar-refractivity contribution is 9.10. The van der Waals surface area contributed by atoms with Crippen molar-refractivity contribution in [3.63, 3.8) is 0 Å². The van der Waals surface area contributed by atoms with Gasteiger partial charge in [-0.1, -0.05) is 36.7 Å². The Kier molecular flexibility index (Phi) is 7.47. The van der Waals surface area contributed by atoms with Crippen LogP contribution in [0.3, 0.4) is 0 Å². The van der Waals surface area contributed by atoms with Crippen molar-refractivity contribution >= 4 is 15.9 Å². The summed E-state index contributed by atoms with van der Waals surface area (Å²) in [7, 11) is 1.74. The second-order valence-electron chi connectivity index (χ2n) is 5.50. The van der Waals surface area contributed by atoms with Gasteiger partial charge in [0.05, 0.1) is 7.11 Å². The zero-order valence-electron chi connectivity index (χ0n) is 12.5. The van der Waals surface area contributed by atoms with Crippen molar-refractivity contribution in [1.82, 2.24) is 5.32 Å². The van der Waals surface area contributed by atoms with Crippen molar-refractivity contribution in [3.05, 3.63) is 28.2 Å². The van der Waals surface area contributed by atoms with E-state index in [0.29, 0.717) is 6.04 Å². The molecule has 2 nitrogen and oxygen atoms in total. The van der Waals surface area contributed by atoms with Gasteiger partial charge in [0.2, 0.25) is 0 Å². The number of rotatable bonds is 8. The molecule has 0 saturated heterocycles. The molecule has 1 atom stereocenters. The topological polar surface area (TPSA) is 21.3 Å². The molecule has 0 aliphatic heterocycles. The van der Waals surface area contributed by atoms with Crippen molar-refractivity contribution in [2.75, 3.05) is 13.7 Å². The summed E-state index contributed by atoms with van der Waals surface area (Å²) in [6.45, 7) is 7.81. The maximum atomic E-state index is 5.41. The highest BCUT2D eigenvalue weighted by atomic mass is 79.9. The monoisotopic (exact) mass is 327 g/mol. The first kappa shape index (κ1) is 16.5. The Morgan fingerprint density at radius 3 is 2.58 bits per heavy atom. The third-order valence-electron chi connectivity index (χ3n) is 3.34. The molecule has 1 rings (SSSR count). The van der Waals surface area contributed by atoms with Crippen molar-refractivity contribution < 1.29 is 4.74 Å². The summed E-state index contributed by atoms with van der Waals surface area (Å²) >= 11 is 3.52. The number of halogens is 1. The van der Waals surface area contributed by atoms with Gasteiger partial charge in [0.25, 0.3) is 0 Å². The minimum absolute atomic E-state index is 0.581. The van der Waals surface area contributed by atoms with Gasteiger partial charge in [-0.2, -0.15) is 0 Å². The number of aryl methyl sites for hydroxylation is 1. The van der Waals surface area contributed by atoms with E-state index in [1.165, 1.54) is 18.4 Å². The minimum Gasteiger partial charge on any atom is -0.496 e. The van der Waals surface area contributed by atoms with Crippen LogP contribution in [0, 0.1) is 5.92 Å². The highest BCUT2D eigenvalue weighted by Gasteiger charge is 2.07. The number of hydrogen-bond donors (Lipinski definition) is 1. The molecule has 0 amide bonds. The van der Waals surface area contributed by atoms with Crippen molar-refractivity contribution in [2.45, 2.75) is 46.1 Å². The minimum atomic E-state index is 0.581. The normalized spacial score (nSPS) is 12.7. The van der Waals surface area contributed by atoms with Crippen LogP contribution < -0.4 is 10.1 Å². The smallest absolute Gasteiger partial charge is 0.122 e. The second kappa shape index (κ2) is 8.60. The Hall–Kier alpha value is -0.540. The third-order valence-corrected chi connectivity index (χ3v) is 3.83. The van der Waals surface area contributed by atoms with Crippen LogP contribution in [-0.4, -0.2) is 19.7 Å². The van der Waals surface area contributed by atoms with Gasteiger partial charge < -0.3 is 10.1 Å². The average molecular weight is 328 g/mol. The Balaban J connectivity index is 2.41. The fourth-order valence-corrected chi connectivity index (χ4v) is 2.52. The fourth-order valence-electron chi connectivity index (χ4n) is 2.11. The van der Waals surface area contributed by atoms with Gasteiger partial charge in [-0.3, -0.25) is 0 Å². The summed E-state index contributed by atoms with van der Waals surface area (Å²) < 4.78 is 6.53. The SMILES string of the molecule is COc1ccc(Br)cc1CCC(C)CCNC(C)C. The first-order valence-electron chi connectivity index (χ1n) is 7.08. The van der Waals surface area contributed by atoms with E-state index >= 15 is 0 Å². The first-order chi connectivity index (χ1) is 9.02. The van der Waals surface area contributed by atoms with Gasteiger partial charge in [-0.05, 0) is 55.5 Å². The van der Waals surface area contributed by atoms with Crippen molar-refractivity contribution in [2.24, 2.45) is 5.92 Å². The maximum absolute atomic E-state index is 5.41. The largest absolute Gasteiger partial charge is 0.496 e. The molecule has 1 unspecified atom stereocenters. The Morgan fingerprint density at radius 1 is 1.21 bits per heavy atom. The molecule has 1 N–H and O–H groups in total. The summed E-state index contributed by atoms with van der Waals surface area (Å²) in [5.41, 5.74) is 1.29. The van der Waals surface area contributed by atoms with Crippen molar-refractivity contribution in [1.29, 1.82) is 0 Å². The molecule has 0 saturated carbocycles. The zero-order chi connectivity index (χ0) is 14.3. The van der Waals surface area contributed by atoms with Crippen LogP contribution >= 0.6 is 15.9 Å². The van der Waals surface area contributed by atoms with E-state index < -0.39 is 0 Å². The van der Waals surface area contributed by atoms with E-state index in [1.807, 2.05) is 12.1 Å². The van der Waals surface area contributed by atoms with Crippen LogP contribution in [0.25, 0.3) is 0 Å². The summed E-state index contributed by atoms with van der Waals surface area (Å²) in [4.78, 5) is 0. The molecule has 108 valence electrons. The molecular formula is C16H26BrNO. The Labute approximate surface area is 126 Å². The third kappa shape index (κ3) is 6.44. The van der Waals surface area contributed by atoms with Gasteiger partial charge in [0, 0.05) is 10.5 Å². The molecule has 0 radical (unpaired) electrons. The lowest BCUT2D eigenvalue weighted by Gasteiger charge is -2.15. The molecule has 0 aliphatic carbocycles. The summed E-state index contributed by atoms with van der Waals surface area (Å²) in [6, 6.07) is 6.80. The van der Waals surface area contributed by atoms with Crippen LogP contribution in [-0.2, 0) is 6.42 Å². The van der Waals surface area contributed by atoms with E-state index in [4.69, 9.17) is 4.74 Å². The lowest BCUT2D eigenvalue weighted by Crippen LogP contribution is -2.25. The van der Waals surface area contributed by atoms with Gasteiger partial charge in [-0.15, -0.1) is 0 Å². The lowest BCUT2D eigenvalue weighted by atomic mass is 9.97. The van der Waals surface area contributed by atoms with Gasteiger partial charge in [0.1, 0.15) is 5.75 Å². The van der Waals surface area contributed by atoms with Crippen LogP contribution in [0.5, 0.6) is 5.75 Å². The van der Waals surface area contributed by atoms with Gasteiger partial charge >= 0.3 is 0 Å². The quantitative estimate of drug-likeness (QED) is 0.763. The van der Waals surface area contributed by atoms with Crippen LogP contribution in [0.4, 0.5) is 0 Å². The summed E-state index contributed by atoms with van der Waals surface area (Å²) in [5.74, 6) is 1.73. The number of hydrogen-bond acceptors (Lipinski definition) is 2. The second-order valence-corrected chi connectivity index (χ2v) is 6.41. The molecule has 1 aromatic rings. The lowest BCUT2D eigenvalue weighted by molar-refractivity contribution is 0.404. The van der Waals surface area contributed by atoms with E-state index in [2.05, 4.69) is 48.1 Å². The number of benzene rings is 1. The number of nitrogens with one attached hydrogen (secondary N) is 1. The van der Waals surface area contributed by atoms with Gasteiger partial charge in [-0.25, -0.2) is 0 Å². The zero-order valence-corrected chi connectivity index (χ0v) is 14.1. The van der Waals surface area contributed by atoms with E-state index in [-0.39, 0.29) is 0 Å². The molecule has 0 bridgehead atoms. The molecule has 0 heterocycles. The van der Waals surface area contributed by atoms with E-state index in [0.717, 1.165) is 29.1 Å². The van der Waals surface area contributed by atoms with Crippen LogP contribution in [0.1, 0.15) is 39.2 Å². The predicted octanol–water partition coefficient (Wildman–Crippen LogP) is 4.41.